The molecule has 3 fully saturated rings. The predicted molar refractivity (Wildman–Crippen MR) is 107 cm³/mol. The van der Waals surface area contributed by atoms with Gasteiger partial charge in [0.05, 0.1) is 18.9 Å². The van der Waals surface area contributed by atoms with Crippen LogP contribution in [0.3, 0.4) is 0 Å². The van der Waals surface area contributed by atoms with Gasteiger partial charge in [-0.1, -0.05) is 18.9 Å². The number of nitrogens with one attached hydrogen (secondary N) is 1. The molecular formula is C21H31FN4O. The highest BCUT2D eigenvalue weighted by atomic mass is 19.1. The zero-order valence-electron chi connectivity index (χ0n) is 16.3. The number of halogens is 1. The summed E-state index contributed by atoms with van der Waals surface area (Å²) in [5.41, 5.74) is 1.62. The maximum atomic E-state index is 14.6. The molecule has 1 aliphatic carbocycles. The van der Waals surface area contributed by atoms with E-state index in [1.165, 1.54) is 25.7 Å². The Labute approximate surface area is 161 Å². The summed E-state index contributed by atoms with van der Waals surface area (Å²) < 4.78 is 19.9. The van der Waals surface area contributed by atoms with Crippen LogP contribution in [0.25, 0.3) is 0 Å². The number of hydrogen-bond donors (Lipinski definition) is 1. The van der Waals surface area contributed by atoms with Crippen molar-refractivity contribution in [3.05, 3.63) is 29.6 Å². The minimum atomic E-state index is -0.154. The summed E-state index contributed by atoms with van der Waals surface area (Å²) in [6.07, 6.45) is 5.45. The van der Waals surface area contributed by atoms with Crippen molar-refractivity contribution in [1.82, 2.24) is 10.2 Å². The fraction of sp³-hybridized carbons (Fsp3) is 0.667. The van der Waals surface area contributed by atoms with Crippen LogP contribution in [0.15, 0.2) is 23.2 Å². The minimum absolute atomic E-state index is 0.154. The Morgan fingerprint density at radius 3 is 2.52 bits per heavy atom. The van der Waals surface area contributed by atoms with Crippen LogP contribution in [-0.2, 0) is 11.3 Å². The van der Waals surface area contributed by atoms with Crippen LogP contribution in [0, 0.1) is 17.7 Å². The van der Waals surface area contributed by atoms with Gasteiger partial charge in [0.15, 0.2) is 5.96 Å². The normalized spacial score (nSPS) is 26.2. The number of morpholine rings is 1. The number of benzene rings is 1. The molecular weight excluding hydrogens is 343 g/mol. The molecule has 1 aromatic rings. The molecule has 2 atom stereocenters. The molecule has 1 aromatic carbocycles. The molecule has 2 saturated heterocycles. The fourth-order valence-corrected chi connectivity index (χ4v) is 4.81. The number of guanidine groups is 1. The molecule has 0 radical (unpaired) electrons. The lowest BCUT2D eigenvalue weighted by atomic mass is 9.82. The number of likely N-dealkylation sites (tertiary alicyclic amines) is 1. The summed E-state index contributed by atoms with van der Waals surface area (Å²) in [5.74, 6) is 2.44. The fourth-order valence-electron chi connectivity index (χ4n) is 4.81. The van der Waals surface area contributed by atoms with Gasteiger partial charge < -0.3 is 19.9 Å². The Kier molecular flexibility index (Phi) is 5.81. The van der Waals surface area contributed by atoms with Crippen molar-refractivity contribution in [2.45, 2.75) is 32.2 Å². The lowest BCUT2D eigenvalue weighted by molar-refractivity contribution is 0.122. The van der Waals surface area contributed by atoms with E-state index in [4.69, 9.17) is 4.74 Å². The highest BCUT2D eigenvalue weighted by Gasteiger charge is 2.35. The number of nitrogens with zero attached hydrogens (tertiary/aromatic N) is 3. The second kappa shape index (κ2) is 8.46. The number of ether oxygens (including phenoxy) is 1. The van der Waals surface area contributed by atoms with Crippen LogP contribution < -0.4 is 10.2 Å². The number of aliphatic imine (C=N–C) groups is 1. The lowest BCUT2D eigenvalue weighted by Crippen LogP contribution is -2.40. The highest BCUT2D eigenvalue weighted by molar-refractivity contribution is 5.80. The van der Waals surface area contributed by atoms with E-state index in [0.717, 1.165) is 49.5 Å². The third kappa shape index (κ3) is 4.21. The van der Waals surface area contributed by atoms with E-state index < -0.39 is 0 Å². The van der Waals surface area contributed by atoms with E-state index in [9.17, 15) is 4.39 Å². The third-order valence-corrected chi connectivity index (χ3v) is 6.30. The van der Waals surface area contributed by atoms with E-state index in [2.05, 4.69) is 20.1 Å². The zero-order chi connectivity index (χ0) is 18.6. The first-order valence-electron chi connectivity index (χ1n) is 10.3. The molecule has 1 N–H and O–H groups in total. The van der Waals surface area contributed by atoms with E-state index in [1.807, 2.05) is 19.2 Å². The Hall–Kier alpha value is -1.82. The SMILES string of the molecule is CN=C(NCc1ccc(N2CCOCC2)c(F)c1)N1CC2CCCCC2C1. The highest BCUT2D eigenvalue weighted by Crippen LogP contribution is 2.36. The zero-order valence-corrected chi connectivity index (χ0v) is 16.3. The molecule has 5 nitrogen and oxygen atoms in total. The van der Waals surface area contributed by atoms with Crippen LogP contribution >= 0.6 is 0 Å². The minimum Gasteiger partial charge on any atom is -0.378 e. The first kappa shape index (κ1) is 18.5. The first-order valence-corrected chi connectivity index (χ1v) is 10.3. The van der Waals surface area contributed by atoms with Crippen molar-refractivity contribution >= 4 is 11.6 Å². The van der Waals surface area contributed by atoms with E-state index in [1.54, 1.807) is 6.07 Å². The van der Waals surface area contributed by atoms with Crippen molar-refractivity contribution in [3.63, 3.8) is 0 Å². The van der Waals surface area contributed by atoms with Gasteiger partial charge in [-0.25, -0.2) is 4.39 Å². The Morgan fingerprint density at radius 2 is 1.89 bits per heavy atom. The van der Waals surface area contributed by atoms with Gasteiger partial charge in [-0.3, -0.25) is 4.99 Å². The molecule has 1 saturated carbocycles. The molecule has 2 aliphatic heterocycles. The summed E-state index contributed by atoms with van der Waals surface area (Å²) in [6, 6.07) is 5.55. The van der Waals surface area contributed by atoms with Gasteiger partial charge >= 0.3 is 0 Å². The van der Waals surface area contributed by atoms with Crippen molar-refractivity contribution in [2.24, 2.45) is 16.8 Å². The molecule has 0 aromatic heterocycles. The van der Waals surface area contributed by atoms with E-state index in [0.29, 0.717) is 25.4 Å². The van der Waals surface area contributed by atoms with Crippen molar-refractivity contribution in [2.75, 3.05) is 51.3 Å². The first-order chi connectivity index (χ1) is 13.2. The second-order valence-electron chi connectivity index (χ2n) is 8.00. The van der Waals surface area contributed by atoms with E-state index >= 15 is 0 Å². The molecule has 27 heavy (non-hydrogen) atoms. The molecule has 148 valence electrons. The van der Waals surface area contributed by atoms with Gasteiger partial charge in [-0.15, -0.1) is 0 Å². The van der Waals surface area contributed by atoms with Crippen molar-refractivity contribution in [3.8, 4) is 0 Å². The van der Waals surface area contributed by atoms with Crippen LogP contribution in [0.1, 0.15) is 31.2 Å². The predicted octanol–water partition coefficient (Wildman–Crippen LogP) is 2.86. The maximum Gasteiger partial charge on any atom is 0.193 e. The molecule has 0 amide bonds. The van der Waals surface area contributed by atoms with E-state index in [-0.39, 0.29) is 5.82 Å². The smallest absolute Gasteiger partial charge is 0.193 e. The van der Waals surface area contributed by atoms with Crippen molar-refractivity contribution in [1.29, 1.82) is 0 Å². The largest absolute Gasteiger partial charge is 0.378 e. The monoisotopic (exact) mass is 374 g/mol. The standard InChI is InChI=1S/C21H31FN4O/c1-23-21(26-14-17-4-2-3-5-18(17)15-26)24-13-16-6-7-20(19(22)12-16)25-8-10-27-11-9-25/h6-7,12,17-18H,2-5,8-11,13-15H2,1H3,(H,23,24). The van der Waals surface area contributed by atoms with Gasteiger partial charge in [0.1, 0.15) is 5.82 Å². The molecule has 2 heterocycles. The number of rotatable bonds is 3. The summed E-state index contributed by atoms with van der Waals surface area (Å²) in [6.45, 7) is 5.63. The van der Waals surface area contributed by atoms with Gasteiger partial charge in [-0.05, 0) is 42.4 Å². The molecule has 3 aliphatic rings. The molecule has 0 spiro atoms. The maximum absolute atomic E-state index is 14.6. The molecule has 4 rings (SSSR count). The summed E-state index contributed by atoms with van der Waals surface area (Å²) in [4.78, 5) is 8.92. The summed E-state index contributed by atoms with van der Waals surface area (Å²) in [7, 11) is 1.84. The molecule has 6 heteroatoms. The van der Waals surface area contributed by atoms with Crippen LogP contribution in [0.2, 0.25) is 0 Å². The topological polar surface area (TPSA) is 40.1 Å². The van der Waals surface area contributed by atoms with Crippen LogP contribution in [0.5, 0.6) is 0 Å². The Morgan fingerprint density at radius 1 is 1.19 bits per heavy atom. The Balaban J connectivity index is 1.35. The lowest BCUT2D eigenvalue weighted by Gasteiger charge is -2.29. The summed E-state index contributed by atoms with van der Waals surface area (Å²) >= 11 is 0. The average Bonchev–Trinajstić information content (AvgIpc) is 3.13. The molecule has 2 unspecified atom stereocenters. The van der Waals surface area contributed by atoms with Gasteiger partial charge in [0.25, 0.3) is 0 Å². The van der Waals surface area contributed by atoms with Crippen LogP contribution in [-0.4, -0.2) is 57.3 Å². The summed E-state index contributed by atoms with van der Waals surface area (Å²) in [5, 5.41) is 3.44. The van der Waals surface area contributed by atoms with Gasteiger partial charge in [0, 0.05) is 39.8 Å². The van der Waals surface area contributed by atoms with Crippen LogP contribution in [0.4, 0.5) is 10.1 Å². The van der Waals surface area contributed by atoms with Gasteiger partial charge in [0.2, 0.25) is 0 Å². The number of hydrogen-bond acceptors (Lipinski definition) is 3. The average molecular weight is 375 g/mol. The Bertz CT molecular complexity index is 660. The third-order valence-electron chi connectivity index (χ3n) is 6.30. The number of anilines is 1. The molecule has 0 bridgehead atoms. The quantitative estimate of drug-likeness (QED) is 0.652. The van der Waals surface area contributed by atoms with Crippen molar-refractivity contribution < 1.29 is 9.13 Å². The van der Waals surface area contributed by atoms with Gasteiger partial charge in [-0.2, -0.15) is 0 Å². The number of fused-ring (bicyclic) bond motifs is 1. The second-order valence-corrected chi connectivity index (χ2v) is 8.00.